The van der Waals surface area contributed by atoms with Gasteiger partial charge in [-0.2, -0.15) is 0 Å². The van der Waals surface area contributed by atoms with Gasteiger partial charge in [0.15, 0.2) is 0 Å². The Kier molecular flexibility index (Phi) is 5.42. The van der Waals surface area contributed by atoms with E-state index in [2.05, 4.69) is 5.32 Å². The van der Waals surface area contributed by atoms with Gasteiger partial charge in [0.1, 0.15) is 11.6 Å². The summed E-state index contributed by atoms with van der Waals surface area (Å²) in [5.74, 6) is 0.725. The highest BCUT2D eigenvalue weighted by molar-refractivity contribution is 7.84. The predicted octanol–water partition coefficient (Wildman–Crippen LogP) is 1.39. The van der Waals surface area contributed by atoms with Gasteiger partial charge in [-0.1, -0.05) is 6.92 Å². The topological polar surface area (TPSA) is 49.3 Å². The van der Waals surface area contributed by atoms with Crippen LogP contribution in [-0.4, -0.2) is 27.4 Å². The second kappa shape index (κ2) is 6.60. The lowest BCUT2D eigenvalue weighted by Gasteiger charge is -2.05. The fourth-order valence-corrected chi connectivity index (χ4v) is 1.96. The number of halogens is 1. The van der Waals surface area contributed by atoms with Crippen LogP contribution in [0, 0.1) is 5.82 Å². The molecule has 0 fully saturated rings. The fourth-order valence-electron chi connectivity index (χ4n) is 1.30. The number of aromatic hydroxyl groups is 1. The van der Waals surface area contributed by atoms with Crippen molar-refractivity contribution in [3.05, 3.63) is 29.6 Å². The molecule has 0 aliphatic heterocycles. The molecule has 2 N–H and O–H groups in total. The Morgan fingerprint density at radius 1 is 1.44 bits per heavy atom. The number of rotatable bonds is 6. The third kappa shape index (κ3) is 4.72. The van der Waals surface area contributed by atoms with Crippen molar-refractivity contribution in [3.8, 4) is 5.75 Å². The van der Waals surface area contributed by atoms with Gasteiger partial charge in [-0.05, 0) is 17.7 Å². The molecule has 1 rings (SSSR count). The van der Waals surface area contributed by atoms with Crippen molar-refractivity contribution in [1.82, 2.24) is 5.32 Å². The molecule has 0 spiro atoms. The Labute approximate surface area is 97.1 Å². The van der Waals surface area contributed by atoms with E-state index in [1.165, 1.54) is 12.1 Å². The lowest BCUT2D eigenvalue weighted by atomic mass is 10.2. The molecule has 0 heterocycles. The van der Waals surface area contributed by atoms with Crippen LogP contribution >= 0.6 is 0 Å². The molecule has 1 atom stereocenters. The van der Waals surface area contributed by atoms with Crippen LogP contribution in [0.25, 0.3) is 0 Å². The van der Waals surface area contributed by atoms with Crippen molar-refractivity contribution in [2.45, 2.75) is 13.5 Å². The summed E-state index contributed by atoms with van der Waals surface area (Å²) in [7, 11) is -0.780. The molecule has 0 saturated heterocycles. The third-order valence-electron chi connectivity index (χ3n) is 2.10. The average molecular weight is 245 g/mol. The second-order valence-electron chi connectivity index (χ2n) is 3.43. The van der Waals surface area contributed by atoms with Gasteiger partial charge in [0, 0.05) is 41.5 Å². The zero-order chi connectivity index (χ0) is 12.0. The van der Waals surface area contributed by atoms with Gasteiger partial charge in [0.25, 0.3) is 0 Å². The molecule has 0 aliphatic rings. The Morgan fingerprint density at radius 2 is 2.19 bits per heavy atom. The highest BCUT2D eigenvalue weighted by Gasteiger charge is 2.00. The molecule has 1 aromatic carbocycles. The van der Waals surface area contributed by atoms with Gasteiger partial charge in [-0.15, -0.1) is 0 Å². The van der Waals surface area contributed by atoms with E-state index >= 15 is 0 Å². The van der Waals surface area contributed by atoms with Gasteiger partial charge < -0.3 is 10.4 Å². The average Bonchev–Trinajstić information content (AvgIpc) is 2.22. The number of hydrogen-bond donors (Lipinski definition) is 2. The van der Waals surface area contributed by atoms with Gasteiger partial charge in [-0.25, -0.2) is 4.39 Å². The highest BCUT2D eigenvalue weighted by atomic mass is 32.2. The van der Waals surface area contributed by atoms with Crippen LogP contribution in [-0.2, 0) is 17.3 Å². The van der Waals surface area contributed by atoms with Crippen molar-refractivity contribution >= 4 is 10.8 Å². The van der Waals surface area contributed by atoms with Gasteiger partial charge >= 0.3 is 0 Å². The first kappa shape index (κ1) is 13.1. The molecule has 0 bridgehead atoms. The van der Waals surface area contributed by atoms with E-state index in [9.17, 15) is 8.60 Å². The summed E-state index contributed by atoms with van der Waals surface area (Å²) in [6, 6.07) is 3.94. The Bertz CT molecular complexity index is 351. The largest absolute Gasteiger partial charge is 0.508 e. The van der Waals surface area contributed by atoms with Crippen LogP contribution in [0.1, 0.15) is 12.5 Å². The van der Waals surface area contributed by atoms with Gasteiger partial charge in [0.05, 0.1) is 0 Å². The van der Waals surface area contributed by atoms with E-state index in [-0.39, 0.29) is 5.75 Å². The second-order valence-corrected chi connectivity index (χ2v) is 5.29. The third-order valence-corrected chi connectivity index (χ3v) is 3.40. The molecule has 1 unspecified atom stereocenters. The Hall–Kier alpha value is -0.940. The first-order valence-electron chi connectivity index (χ1n) is 5.16. The van der Waals surface area contributed by atoms with E-state index in [1.807, 2.05) is 6.92 Å². The number of benzene rings is 1. The van der Waals surface area contributed by atoms with Crippen molar-refractivity contribution in [1.29, 1.82) is 0 Å². The van der Waals surface area contributed by atoms with Crippen molar-refractivity contribution in [2.24, 2.45) is 0 Å². The normalized spacial score (nSPS) is 12.6. The Morgan fingerprint density at radius 3 is 2.81 bits per heavy atom. The van der Waals surface area contributed by atoms with E-state index in [1.54, 1.807) is 0 Å². The number of hydrogen-bond acceptors (Lipinski definition) is 3. The number of phenols is 1. The first-order chi connectivity index (χ1) is 7.61. The maximum Gasteiger partial charge on any atom is 0.127 e. The minimum atomic E-state index is -0.780. The number of phenolic OH excluding ortho intramolecular Hbond substituents is 1. The maximum atomic E-state index is 12.9. The SMILES string of the molecule is CCS(=O)CCNCc1cc(O)cc(F)c1. The van der Waals surface area contributed by atoms with Crippen LogP contribution in [0.3, 0.4) is 0 Å². The lowest BCUT2D eigenvalue weighted by molar-refractivity contribution is 0.467. The van der Waals surface area contributed by atoms with E-state index in [0.717, 1.165) is 6.07 Å². The minimum Gasteiger partial charge on any atom is -0.508 e. The summed E-state index contributed by atoms with van der Waals surface area (Å²) >= 11 is 0. The molecule has 90 valence electrons. The van der Waals surface area contributed by atoms with Gasteiger partial charge in [0.2, 0.25) is 0 Å². The molecule has 5 heteroatoms. The summed E-state index contributed by atoms with van der Waals surface area (Å²) in [6.45, 7) is 2.96. The number of nitrogens with one attached hydrogen (secondary N) is 1. The molecule has 0 radical (unpaired) electrons. The van der Waals surface area contributed by atoms with Crippen molar-refractivity contribution in [2.75, 3.05) is 18.1 Å². The molecule has 1 aromatic rings. The molecule has 0 aliphatic carbocycles. The summed E-state index contributed by atoms with van der Waals surface area (Å²) in [5.41, 5.74) is 0.680. The maximum absolute atomic E-state index is 12.9. The first-order valence-corrected chi connectivity index (χ1v) is 6.64. The minimum absolute atomic E-state index is 0.0751. The zero-order valence-corrected chi connectivity index (χ0v) is 10.0. The lowest BCUT2D eigenvalue weighted by Crippen LogP contribution is -2.20. The van der Waals surface area contributed by atoms with Crippen molar-refractivity contribution < 1.29 is 13.7 Å². The smallest absolute Gasteiger partial charge is 0.127 e. The monoisotopic (exact) mass is 245 g/mol. The quantitative estimate of drug-likeness (QED) is 0.745. The Balaban J connectivity index is 2.34. The van der Waals surface area contributed by atoms with Crippen LogP contribution in [0.4, 0.5) is 4.39 Å². The predicted molar refractivity (Wildman–Crippen MR) is 63.3 cm³/mol. The molecular formula is C11H16FNO2S. The van der Waals surface area contributed by atoms with Crippen LogP contribution < -0.4 is 5.32 Å². The summed E-state index contributed by atoms with van der Waals surface area (Å²) in [4.78, 5) is 0. The van der Waals surface area contributed by atoms with Crippen molar-refractivity contribution in [3.63, 3.8) is 0 Å². The van der Waals surface area contributed by atoms with E-state index in [4.69, 9.17) is 5.11 Å². The highest BCUT2D eigenvalue weighted by Crippen LogP contribution is 2.14. The fraction of sp³-hybridized carbons (Fsp3) is 0.455. The van der Waals surface area contributed by atoms with E-state index in [0.29, 0.717) is 30.2 Å². The molecule has 0 saturated carbocycles. The van der Waals surface area contributed by atoms with Crippen LogP contribution in [0.5, 0.6) is 5.75 Å². The molecular weight excluding hydrogens is 229 g/mol. The van der Waals surface area contributed by atoms with Crippen LogP contribution in [0.15, 0.2) is 18.2 Å². The molecule has 0 aromatic heterocycles. The van der Waals surface area contributed by atoms with Crippen LogP contribution in [0.2, 0.25) is 0 Å². The molecule has 0 amide bonds. The van der Waals surface area contributed by atoms with Gasteiger partial charge in [-0.3, -0.25) is 4.21 Å². The molecule has 3 nitrogen and oxygen atoms in total. The summed E-state index contributed by atoms with van der Waals surface area (Å²) < 4.78 is 24.0. The molecule has 16 heavy (non-hydrogen) atoms. The standard InChI is InChI=1S/C11H16FNO2S/c1-2-16(15)4-3-13-8-9-5-10(12)7-11(14)6-9/h5-7,13-14H,2-4,8H2,1H3. The summed E-state index contributed by atoms with van der Waals surface area (Å²) in [5, 5.41) is 12.2. The zero-order valence-electron chi connectivity index (χ0n) is 9.20. The van der Waals surface area contributed by atoms with E-state index < -0.39 is 16.6 Å². The summed E-state index contributed by atoms with van der Waals surface area (Å²) in [6.07, 6.45) is 0.